The van der Waals surface area contributed by atoms with Crippen LogP contribution in [0.15, 0.2) is 6.07 Å². The summed E-state index contributed by atoms with van der Waals surface area (Å²) in [5.41, 5.74) is 6.23. The van der Waals surface area contributed by atoms with E-state index in [4.69, 9.17) is 0 Å². The lowest BCUT2D eigenvalue weighted by Gasteiger charge is -2.18. The Kier molecular flexibility index (Phi) is 6.96. The average molecular weight is 309 g/mol. The van der Waals surface area contributed by atoms with Crippen molar-refractivity contribution in [3.63, 3.8) is 0 Å². The molecule has 16 heavy (non-hydrogen) atoms. The molecule has 0 spiro atoms. The molecule has 0 fully saturated rings. The van der Waals surface area contributed by atoms with Crippen LogP contribution < -0.4 is 0 Å². The highest BCUT2D eigenvalue weighted by molar-refractivity contribution is 7.80. The maximum absolute atomic E-state index is 4.41. The lowest BCUT2D eigenvalue weighted by atomic mass is 9.95. The van der Waals surface area contributed by atoms with Gasteiger partial charge in [0.25, 0.3) is 0 Å². The largest absolute Gasteiger partial charge is 0.175 e. The molecule has 0 saturated heterocycles. The van der Waals surface area contributed by atoms with Gasteiger partial charge < -0.3 is 0 Å². The van der Waals surface area contributed by atoms with Crippen molar-refractivity contribution in [1.82, 2.24) is 0 Å². The molecule has 0 aromatic heterocycles. The molecule has 0 unspecified atom stereocenters. The fourth-order valence-electron chi connectivity index (χ4n) is 1.82. The van der Waals surface area contributed by atoms with E-state index in [0.29, 0.717) is 5.75 Å². The predicted molar refractivity (Wildman–Crippen MR) is 89.9 cm³/mol. The van der Waals surface area contributed by atoms with Crippen molar-refractivity contribution >= 4 is 63.1 Å². The van der Waals surface area contributed by atoms with E-state index in [1.165, 1.54) is 27.8 Å². The lowest BCUT2D eigenvalue weighted by molar-refractivity contribution is 1.13. The first-order valence-electron chi connectivity index (χ1n) is 4.93. The molecule has 0 aliphatic heterocycles. The topological polar surface area (TPSA) is 0 Å². The summed E-state index contributed by atoms with van der Waals surface area (Å²) in [6, 6.07) is 2.17. The molecule has 1 rings (SSSR count). The normalized spacial score (nSPS) is 10.8. The number of rotatable bonds is 5. The Balaban J connectivity index is 3.47. The second kappa shape index (κ2) is 7.41. The standard InChI is InChI=1S/C11H16S5/c12-2-7-1-8(3-13)10(5-15)11(6-16)9(7)4-14/h1,12-16H,2-6H2. The first-order chi connectivity index (χ1) is 7.73. The average Bonchev–Trinajstić information content (AvgIpc) is 2.35. The monoisotopic (exact) mass is 308 g/mol. The van der Waals surface area contributed by atoms with E-state index in [2.05, 4.69) is 69.2 Å². The highest BCUT2D eigenvalue weighted by Crippen LogP contribution is 2.29. The number of benzene rings is 1. The maximum Gasteiger partial charge on any atom is 0.0160 e. The zero-order valence-electron chi connectivity index (χ0n) is 8.85. The SMILES string of the molecule is SCc1cc(CS)c(CS)c(CS)c1CS. The van der Waals surface area contributed by atoms with E-state index >= 15 is 0 Å². The molecule has 0 heterocycles. The summed E-state index contributed by atoms with van der Waals surface area (Å²) in [5.74, 6) is 3.61. The molecule has 1 aromatic rings. The van der Waals surface area contributed by atoms with Gasteiger partial charge in [-0.15, -0.1) is 0 Å². The summed E-state index contributed by atoms with van der Waals surface area (Å²) >= 11 is 21.9. The molecule has 0 radical (unpaired) electrons. The summed E-state index contributed by atoms with van der Waals surface area (Å²) < 4.78 is 0. The van der Waals surface area contributed by atoms with Gasteiger partial charge in [0.1, 0.15) is 0 Å². The van der Waals surface area contributed by atoms with E-state index in [1.54, 1.807) is 0 Å². The van der Waals surface area contributed by atoms with Gasteiger partial charge in [0, 0.05) is 28.8 Å². The quantitative estimate of drug-likeness (QED) is 0.502. The first kappa shape index (κ1) is 15.0. The molecule has 0 saturated carbocycles. The van der Waals surface area contributed by atoms with Crippen LogP contribution in [-0.4, -0.2) is 0 Å². The third kappa shape index (κ3) is 3.05. The molecular weight excluding hydrogens is 292 g/mol. The van der Waals surface area contributed by atoms with Gasteiger partial charge in [0.15, 0.2) is 0 Å². The molecule has 0 aliphatic carbocycles. The Morgan fingerprint density at radius 1 is 0.562 bits per heavy atom. The lowest BCUT2D eigenvalue weighted by Crippen LogP contribution is -2.04. The van der Waals surface area contributed by atoms with Gasteiger partial charge in [-0.25, -0.2) is 0 Å². The van der Waals surface area contributed by atoms with Gasteiger partial charge in [-0.2, -0.15) is 63.1 Å². The van der Waals surface area contributed by atoms with E-state index in [1.807, 2.05) is 0 Å². The van der Waals surface area contributed by atoms with Gasteiger partial charge in [0.2, 0.25) is 0 Å². The van der Waals surface area contributed by atoms with Crippen LogP contribution in [0.3, 0.4) is 0 Å². The second-order valence-electron chi connectivity index (χ2n) is 3.42. The third-order valence-corrected chi connectivity index (χ3v) is 4.30. The fourth-order valence-corrected chi connectivity index (χ4v) is 3.56. The second-order valence-corrected chi connectivity index (χ2v) is 5.00. The van der Waals surface area contributed by atoms with Crippen LogP contribution in [0, 0.1) is 0 Å². The zero-order valence-corrected chi connectivity index (χ0v) is 13.3. The highest BCUT2D eigenvalue weighted by Gasteiger charge is 2.13. The number of thiol groups is 5. The van der Waals surface area contributed by atoms with Crippen molar-refractivity contribution in [2.45, 2.75) is 28.8 Å². The zero-order chi connectivity index (χ0) is 12.1. The van der Waals surface area contributed by atoms with Crippen LogP contribution in [0.1, 0.15) is 27.8 Å². The Bertz CT molecular complexity index is 332. The Hall–Kier alpha value is 0.970. The molecule has 0 N–H and O–H groups in total. The molecular formula is C11H16S5. The third-order valence-electron chi connectivity index (χ3n) is 2.67. The minimum absolute atomic E-state index is 0.716. The molecule has 1 aromatic carbocycles. The maximum atomic E-state index is 4.41. The Labute approximate surface area is 125 Å². The highest BCUT2D eigenvalue weighted by atomic mass is 32.1. The number of hydrogen-bond acceptors (Lipinski definition) is 5. The van der Waals surface area contributed by atoms with Crippen LogP contribution in [0.4, 0.5) is 0 Å². The minimum atomic E-state index is 0.716. The summed E-state index contributed by atoms with van der Waals surface area (Å²) in [6.07, 6.45) is 0. The molecule has 90 valence electrons. The molecule has 0 aliphatic rings. The summed E-state index contributed by atoms with van der Waals surface area (Å²) in [4.78, 5) is 0. The Morgan fingerprint density at radius 3 is 1.19 bits per heavy atom. The van der Waals surface area contributed by atoms with Crippen molar-refractivity contribution in [3.8, 4) is 0 Å². The van der Waals surface area contributed by atoms with Gasteiger partial charge in [-0.3, -0.25) is 0 Å². The minimum Gasteiger partial charge on any atom is -0.175 e. The van der Waals surface area contributed by atoms with Crippen molar-refractivity contribution in [1.29, 1.82) is 0 Å². The Morgan fingerprint density at radius 2 is 0.938 bits per heavy atom. The van der Waals surface area contributed by atoms with Crippen LogP contribution in [-0.2, 0) is 28.8 Å². The van der Waals surface area contributed by atoms with Gasteiger partial charge in [0.05, 0.1) is 0 Å². The smallest absolute Gasteiger partial charge is 0.0160 e. The van der Waals surface area contributed by atoms with E-state index in [0.717, 1.165) is 23.0 Å². The summed E-state index contributed by atoms with van der Waals surface area (Å²) in [7, 11) is 0. The van der Waals surface area contributed by atoms with Crippen LogP contribution in [0.25, 0.3) is 0 Å². The van der Waals surface area contributed by atoms with Crippen LogP contribution in [0.2, 0.25) is 0 Å². The van der Waals surface area contributed by atoms with Crippen molar-refractivity contribution in [2.75, 3.05) is 0 Å². The summed E-state index contributed by atoms with van der Waals surface area (Å²) in [5, 5.41) is 0. The van der Waals surface area contributed by atoms with Crippen LogP contribution >= 0.6 is 63.1 Å². The van der Waals surface area contributed by atoms with Gasteiger partial charge in [-0.1, -0.05) is 6.07 Å². The molecule has 0 bridgehead atoms. The first-order valence-corrected chi connectivity index (χ1v) is 8.09. The molecule has 5 heteroatoms. The van der Waals surface area contributed by atoms with E-state index in [9.17, 15) is 0 Å². The fraction of sp³-hybridized carbons (Fsp3) is 0.455. The van der Waals surface area contributed by atoms with Crippen molar-refractivity contribution in [3.05, 3.63) is 33.9 Å². The molecule has 0 amide bonds. The molecule has 0 atom stereocenters. The van der Waals surface area contributed by atoms with Crippen LogP contribution in [0.5, 0.6) is 0 Å². The van der Waals surface area contributed by atoms with Crippen molar-refractivity contribution < 1.29 is 0 Å². The van der Waals surface area contributed by atoms with Crippen molar-refractivity contribution in [2.24, 2.45) is 0 Å². The van der Waals surface area contributed by atoms with E-state index in [-0.39, 0.29) is 0 Å². The van der Waals surface area contributed by atoms with E-state index < -0.39 is 0 Å². The summed E-state index contributed by atoms with van der Waals surface area (Å²) in [6.45, 7) is 0. The number of hydrogen-bond donors (Lipinski definition) is 5. The predicted octanol–water partition coefficient (Wildman–Crippen LogP) is 3.84. The van der Waals surface area contributed by atoms with Gasteiger partial charge in [-0.05, 0) is 27.8 Å². The van der Waals surface area contributed by atoms with Gasteiger partial charge >= 0.3 is 0 Å². The molecule has 0 nitrogen and oxygen atoms in total.